The second-order valence-corrected chi connectivity index (χ2v) is 4.56. The van der Waals surface area contributed by atoms with Crippen LogP contribution in [-0.2, 0) is 5.33 Å². The van der Waals surface area contributed by atoms with Gasteiger partial charge < -0.3 is 4.74 Å². The number of hydrogen-bond acceptors (Lipinski definition) is 3. The van der Waals surface area contributed by atoms with E-state index >= 15 is 0 Å². The summed E-state index contributed by atoms with van der Waals surface area (Å²) in [6, 6.07) is 4.73. The normalized spacial score (nSPS) is 10.5. The SMILES string of the molecule is O=[N+]([O-])c1ccc(Oc2c(F)cc(CBr)cc2F)cc1F. The summed E-state index contributed by atoms with van der Waals surface area (Å²) in [6.45, 7) is 0. The second kappa shape index (κ2) is 6.13. The van der Waals surface area contributed by atoms with E-state index in [-0.39, 0.29) is 11.1 Å². The molecule has 0 aliphatic rings. The summed E-state index contributed by atoms with van der Waals surface area (Å²) in [5.41, 5.74) is -0.384. The van der Waals surface area contributed by atoms with Gasteiger partial charge in [-0.1, -0.05) is 15.9 Å². The fourth-order valence-electron chi connectivity index (χ4n) is 1.60. The summed E-state index contributed by atoms with van der Waals surface area (Å²) < 4.78 is 45.7. The number of rotatable bonds is 4. The van der Waals surface area contributed by atoms with Gasteiger partial charge in [-0.3, -0.25) is 10.1 Å². The number of benzene rings is 2. The Kier molecular flexibility index (Phi) is 4.46. The topological polar surface area (TPSA) is 52.4 Å². The Morgan fingerprint density at radius 3 is 2.19 bits per heavy atom. The van der Waals surface area contributed by atoms with E-state index in [2.05, 4.69) is 15.9 Å². The Hall–Kier alpha value is -2.09. The Labute approximate surface area is 125 Å². The molecule has 0 aromatic heterocycles. The highest BCUT2D eigenvalue weighted by molar-refractivity contribution is 9.08. The summed E-state index contributed by atoms with van der Waals surface area (Å²) in [6.07, 6.45) is 0. The van der Waals surface area contributed by atoms with Gasteiger partial charge in [-0.25, -0.2) is 8.78 Å². The van der Waals surface area contributed by atoms with Gasteiger partial charge in [0, 0.05) is 17.5 Å². The van der Waals surface area contributed by atoms with Gasteiger partial charge in [-0.2, -0.15) is 4.39 Å². The maximum Gasteiger partial charge on any atom is 0.305 e. The molecule has 2 rings (SSSR count). The van der Waals surface area contributed by atoms with Gasteiger partial charge in [0.2, 0.25) is 5.82 Å². The van der Waals surface area contributed by atoms with Crippen molar-refractivity contribution in [2.45, 2.75) is 5.33 Å². The summed E-state index contributed by atoms with van der Waals surface area (Å²) in [7, 11) is 0. The minimum atomic E-state index is -1.16. The molecule has 4 nitrogen and oxygen atoms in total. The van der Waals surface area contributed by atoms with Gasteiger partial charge in [-0.15, -0.1) is 0 Å². The summed E-state index contributed by atoms with van der Waals surface area (Å²) in [5, 5.41) is 10.7. The Bertz CT molecular complexity index is 686. The maximum absolute atomic E-state index is 13.7. The first-order chi connectivity index (χ1) is 9.92. The maximum atomic E-state index is 13.7. The number of nitro groups is 1. The molecule has 0 atom stereocenters. The number of halogens is 4. The Morgan fingerprint density at radius 2 is 1.71 bits per heavy atom. The molecule has 2 aromatic carbocycles. The van der Waals surface area contributed by atoms with Gasteiger partial charge in [0.15, 0.2) is 17.4 Å². The minimum absolute atomic E-state index is 0.248. The molecule has 0 aliphatic carbocycles. The van der Waals surface area contributed by atoms with Crippen LogP contribution < -0.4 is 4.74 Å². The van der Waals surface area contributed by atoms with Gasteiger partial charge in [0.05, 0.1) is 4.92 Å². The molecule has 0 unspecified atom stereocenters. The lowest BCUT2D eigenvalue weighted by molar-refractivity contribution is -0.387. The van der Waals surface area contributed by atoms with Crippen molar-refractivity contribution >= 4 is 21.6 Å². The van der Waals surface area contributed by atoms with Crippen molar-refractivity contribution in [3.05, 3.63) is 63.5 Å². The Balaban J connectivity index is 2.35. The zero-order valence-electron chi connectivity index (χ0n) is 10.3. The minimum Gasteiger partial charge on any atom is -0.451 e. The van der Waals surface area contributed by atoms with Crippen molar-refractivity contribution in [2.75, 3.05) is 0 Å². The van der Waals surface area contributed by atoms with Crippen LogP contribution in [0.4, 0.5) is 18.9 Å². The van der Waals surface area contributed by atoms with Gasteiger partial charge in [0.25, 0.3) is 0 Å². The second-order valence-electron chi connectivity index (χ2n) is 3.99. The van der Waals surface area contributed by atoms with Crippen molar-refractivity contribution in [1.29, 1.82) is 0 Å². The highest BCUT2D eigenvalue weighted by Gasteiger charge is 2.17. The number of hydrogen-bond donors (Lipinski definition) is 0. The zero-order valence-corrected chi connectivity index (χ0v) is 11.9. The Morgan fingerprint density at radius 1 is 1.10 bits per heavy atom. The fourth-order valence-corrected chi connectivity index (χ4v) is 1.93. The fraction of sp³-hybridized carbons (Fsp3) is 0.0769. The molecule has 110 valence electrons. The molecule has 0 radical (unpaired) electrons. The molecule has 21 heavy (non-hydrogen) atoms. The van der Waals surface area contributed by atoms with E-state index in [9.17, 15) is 23.3 Å². The first-order valence-electron chi connectivity index (χ1n) is 5.58. The van der Waals surface area contributed by atoms with E-state index < -0.39 is 33.8 Å². The van der Waals surface area contributed by atoms with E-state index in [0.29, 0.717) is 11.6 Å². The van der Waals surface area contributed by atoms with E-state index in [4.69, 9.17) is 4.74 Å². The molecule has 0 bridgehead atoms. The average molecular weight is 362 g/mol. The first-order valence-corrected chi connectivity index (χ1v) is 6.70. The van der Waals surface area contributed by atoms with Crippen LogP contribution in [0, 0.1) is 27.6 Å². The van der Waals surface area contributed by atoms with Crippen LogP contribution in [0.25, 0.3) is 0 Å². The predicted octanol–water partition coefficient (Wildman–Crippen LogP) is 4.70. The monoisotopic (exact) mass is 361 g/mol. The van der Waals surface area contributed by atoms with Crippen molar-refractivity contribution in [3.8, 4) is 11.5 Å². The van der Waals surface area contributed by atoms with Crippen molar-refractivity contribution in [3.63, 3.8) is 0 Å². The van der Waals surface area contributed by atoms with Crippen LogP contribution in [0.3, 0.4) is 0 Å². The number of ether oxygens (including phenoxy) is 1. The first kappa shape index (κ1) is 15.3. The summed E-state index contributed by atoms with van der Waals surface area (Å²) in [5.74, 6) is -4.02. The molecule has 0 saturated heterocycles. The molecule has 0 fully saturated rings. The number of alkyl halides is 1. The highest BCUT2D eigenvalue weighted by atomic mass is 79.9. The van der Waals surface area contributed by atoms with Crippen LogP contribution in [0.1, 0.15) is 5.56 Å². The lowest BCUT2D eigenvalue weighted by Crippen LogP contribution is -1.97. The molecule has 0 N–H and O–H groups in total. The van der Waals surface area contributed by atoms with E-state index in [0.717, 1.165) is 24.3 Å². The zero-order chi connectivity index (χ0) is 15.6. The van der Waals surface area contributed by atoms with Crippen LogP contribution in [0.2, 0.25) is 0 Å². The highest BCUT2D eigenvalue weighted by Crippen LogP contribution is 2.31. The van der Waals surface area contributed by atoms with Crippen LogP contribution in [0.15, 0.2) is 30.3 Å². The quantitative estimate of drug-likeness (QED) is 0.450. The summed E-state index contributed by atoms with van der Waals surface area (Å²) >= 11 is 3.06. The average Bonchev–Trinajstić information content (AvgIpc) is 2.42. The molecule has 0 spiro atoms. The molecule has 0 saturated carbocycles. The van der Waals surface area contributed by atoms with Crippen molar-refractivity contribution in [1.82, 2.24) is 0 Å². The predicted molar refractivity (Wildman–Crippen MR) is 72.1 cm³/mol. The van der Waals surface area contributed by atoms with Gasteiger partial charge >= 0.3 is 5.69 Å². The standard InChI is InChI=1S/C13H7BrF3NO3/c14-6-7-3-10(16)13(11(17)4-7)21-8-1-2-12(18(19)20)9(15)5-8/h1-5H,6H2. The third-order valence-corrected chi connectivity index (χ3v) is 3.20. The molecule has 0 heterocycles. The van der Waals surface area contributed by atoms with Crippen LogP contribution in [0.5, 0.6) is 11.5 Å². The molecule has 0 aliphatic heterocycles. The van der Waals surface area contributed by atoms with Crippen molar-refractivity contribution in [2.24, 2.45) is 0 Å². The third kappa shape index (κ3) is 3.33. The third-order valence-electron chi connectivity index (χ3n) is 2.55. The summed E-state index contributed by atoms with van der Waals surface area (Å²) in [4.78, 5) is 9.56. The van der Waals surface area contributed by atoms with Gasteiger partial charge in [-0.05, 0) is 23.8 Å². The van der Waals surface area contributed by atoms with E-state index in [1.54, 1.807) is 0 Å². The molecule has 8 heteroatoms. The lowest BCUT2D eigenvalue weighted by atomic mass is 10.2. The lowest BCUT2D eigenvalue weighted by Gasteiger charge is -2.09. The smallest absolute Gasteiger partial charge is 0.305 e. The number of nitrogens with zero attached hydrogens (tertiary/aromatic N) is 1. The molecule has 0 amide bonds. The van der Waals surface area contributed by atoms with Crippen LogP contribution >= 0.6 is 15.9 Å². The van der Waals surface area contributed by atoms with Crippen molar-refractivity contribution < 1.29 is 22.8 Å². The number of nitro benzene ring substituents is 1. The van der Waals surface area contributed by atoms with Gasteiger partial charge in [0.1, 0.15) is 5.75 Å². The van der Waals surface area contributed by atoms with E-state index in [1.165, 1.54) is 0 Å². The van der Waals surface area contributed by atoms with E-state index in [1.807, 2.05) is 0 Å². The van der Waals surface area contributed by atoms with Crippen LogP contribution in [-0.4, -0.2) is 4.92 Å². The molecular formula is C13H7BrF3NO3. The molecular weight excluding hydrogens is 355 g/mol. The molecule has 2 aromatic rings. The largest absolute Gasteiger partial charge is 0.451 e.